The highest BCUT2D eigenvalue weighted by molar-refractivity contribution is 5.95. The molecule has 1 nitrogen and oxygen atoms in total. The number of hydrogen-bond acceptors (Lipinski definition) is 1. The van der Waals surface area contributed by atoms with Crippen LogP contribution in [0.1, 0.15) is 58.4 Å². The summed E-state index contributed by atoms with van der Waals surface area (Å²) in [6.07, 6.45) is 0. The molecule has 12 aromatic rings. The van der Waals surface area contributed by atoms with E-state index in [1.165, 1.54) is 128 Å². The zero-order chi connectivity index (χ0) is 53.2. The zero-order valence-corrected chi connectivity index (χ0v) is 45.1. The molecule has 1 heteroatoms. The Kier molecular flexibility index (Phi) is 11.6. The third-order valence-electron chi connectivity index (χ3n) is 17.2. The maximum atomic E-state index is 2.56. The van der Waals surface area contributed by atoms with Crippen LogP contribution in [0.3, 0.4) is 0 Å². The summed E-state index contributed by atoms with van der Waals surface area (Å²) < 4.78 is 0. The lowest BCUT2D eigenvalue weighted by molar-refractivity contribution is 0.660. The summed E-state index contributed by atoms with van der Waals surface area (Å²) in [5.74, 6) is 0. The molecule has 0 aliphatic heterocycles. The standard InChI is InChI=1S/C78H59N/c1-52-45-61(55-25-12-6-13-26-55)46-53(2)76(52)79(64-39-42-68-67-35-20-21-36-72(67)77(3,4)74(68)50-64)65-40-43-69-71-49-60(59-37-41-66(56-27-14-7-15-28-56)70(48-59)57-29-16-8-17-30-57)38-44-73(71)78(75(69)51-65,62-32-18-9-19-33-62)63-34-22-31-58(47-63)54-23-10-5-11-24-54/h5-51H,1-4H3. The summed E-state index contributed by atoms with van der Waals surface area (Å²) >= 11 is 0. The SMILES string of the molecule is Cc1cc(-c2ccccc2)cc(C)c1N(c1ccc2c(c1)C(C)(C)c1ccccc1-2)c1ccc2c(c1)C(c1ccccc1)(c1cccc(-c3ccccc3)c1)c1ccc(-c3ccc(-c4ccccc4)c(-c4ccccc4)c3)cc1-2. The molecule has 2 aliphatic carbocycles. The molecule has 1 unspecified atom stereocenters. The van der Waals surface area contributed by atoms with Crippen LogP contribution in [0.15, 0.2) is 285 Å². The maximum Gasteiger partial charge on any atom is 0.0714 e. The molecule has 0 aromatic heterocycles. The third kappa shape index (κ3) is 7.91. The van der Waals surface area contributed by atoms with Crippen molar-refractivity contribution in [3.05, 3.63) is 330 Å². The molecular formula is C78H59N. The summed E-state index contributed by atoms with van der Waals surface area (Å²) in [6.45, 7) is 9.35. The van der Waals surface area contributed by atoms with Crippen LogP contribution in [0.2, 0.25) is 0 Å². The summed E-state index contributed by atoms with van der Waals surface area (Å²) in [5, 5.41) is 0. The molecule has 0 radical (unpaired) electrons. The lowest BCUT2D eigenvalue weighted by atomic mass is 9.67. The normalized spacial score (nSPS) is 14.5. The van der Waals surface area contributed by atoms with Crippen molar-refractivity contribution in [3.8, 4) is 77.9 Å². The van der Waals surface area contributed by atoms with Gasteiger partial charge in [0, 0.05) is 16.8 Å². The van der Waals surface area contributed by atoms with Crippen LogP contribution in [0.5, 0.6) is 0 Å². The third-order valence-corrected chi connectivity index (χ3v) is 17.2. The molecule has 14 rings (SSSR count). The molecule has 1 atom stereocenters. The first-order chi connectivity index (χ1) is 38.8. The Morgan fingerprint density at radius 2 is 0.696 bits per heavy atom. The molecule has 0 saturated carbocycles. The Morgan fingerprint density at radius 1 is 0.253 bits per heavy atom. The van der Waals surface area contributed by atoms with Gasteiger partial charge in [-0.05, 0) is 191 Å². The van der Waals surface area contributed by atoms with E-state index in [-0.39, 0.29) is 5.41 Å². The second-order valence-electron chi connectivity index (χ2n) is 22.1. The maximum absolute atomic E-state index is 2.56. The summed E-state index contributed by atoms with van der Waals surface area (Å²) in [5.41, 5.74) is 29.8. The largest absolute Gasteiger partial charge is 0.310 e. The second-order valence-corrected chi connectivity index (χ2v) is 22.1. The fourth-order valence-corrected chi connectivity index (χ4v) is 13.5. The van der Waals surface area contributed by atoms with Gasteiger partial charge in [-0.2, -0.15) is 0 Å². The van der Waals surface area contributed by atoms with Crippen LogP contribution in [0, 0.1) is 13.8 Å². The van der Waals surface area contributed by atoms with Crippen LogP contribution in [-0.2, 0) is 10.8 Å². The highest BCUT2D eigenvalue weighted by Gasteiger charge is 2.47. The predicted molar refractivity (Wildman–Crippen MR) is 333 cm³/mol. The first-order valence-corrected chi connectivity index (χ1v) is 27.7. The Hall–Kier alpha value is -9.56. The minimum Gasteiger partial charge on any atom is -0.310 e. The molecule has 0 heterocycles. The van der Waals surface area contributed by atoms with Crippen LogP contribution in [0.4, 0.5) is 17.1 Å². The molecular weight excluding hydrogens is 951 g/mol. The first kappa shape index (κ1) is 47.9. The van der Waals surface area contributed by atoms with Crippen LogP contribution >= 0.6 is 0 Å². The minimum absolute atomic E-state index is 0.178. The molecule has 0 fully saturated rings. The van der Waals surface area contributed by atoms with E-state index < -0.39 is 5.41 Å². The molecule has 0 amide bonds. The van der Waals surface area contributed by atoms with Crippen molar-refractivity contribution in [2.45, 2.75) is 38.5 Å². The number of hydrogen-bond donors (Lipinski definition) is 0. The monoisotopic (exact) mass is 1010 g/mol. The predicted octanol–water partition coefficient (Wildman–Crippen LogP) is 20.8. The van der Waals surface area contributed by atoms with E-state index in [1.807, 2.05) is 0 Å². The fourth-order valence-electron chi connectivity index (χ4n) is 13.5. The van der Waals surface area contributed by atoms with Crippen LogP contribution < -0.4 is 4.90 Å². The van der Waals surface area contributed by atoms with Gasteiger partial charge in [-0.25, -0.2) is 0 Å². The van der Waals surface area contributed by atoms with E-state index in [0.717, 1.165) is 11.4 Å². The topological polar surface area (TPSA) is 3.24 Å². The van der Waals surface area contributed by atoms with Crippen molar-refractivity contribution >= 4 is 17.1 Å². The summed E-state index contributed by atoms with van der Waals surface area (Å²) in [4.78, 5) is 2.56. The van der Waals surface area contributed by atoms with Gasteiger partial charge < -0.3 is 4.90 Å². The van der Waals surface area contributed by atoms with Crippen molar-refractivity contribution in [1.29, 1.82) is 0 Å². The minimum atomic E-state index is -0.688. The van der Waals surface area contributed by atoms with Gasteiger partial charge in [0.05, 0.1) is 11.1 Å². The van der Waals surface area contributed by atoms with Crippen molar-refractivity contribution in [2.24, 2.45) is 0 Å². The van der Waals surface area contributed by atoms with Gasteiger partial charge in [0.25, 0.3) is 0 Å². The van der Waals surface area contributed by atoms with Gasteiger partial charge in [-0.3, -0.25) is 0 Å². The van der Waals surface area contributed by atoms with Crippen molar-refractivity contribution < 1.29 is 0 Å². The number of anilines is 3. The van der Waals surface area contributed by atoms with Gasteiger partial charge in [0.15, 0.2) is 0 Å². The van der Waals surface area contributed by atoms with E-state index in [4.69, 9.17) is 0 Å². The summed E-state index contributed by atoms with van der Waals surface area (Å²) in [6, 6.07) is 106. The van der Waals surface area contributed by atoms with E-state index in [0.29, 0.717) is 0 Å². The smallest absolute Gasteiger partial charge is 0.0714 e. The number of benzene rings is 12. The van der Waals surface area contributed by atoms with Crippen molar-refractivity contribution in [3.63, 3.8) is 0 Å². The molecule has 376 valence electrons. The average Bonchev–Trinajstić information content (AvgIpc) is 3.69. The van der Waals surface area contributed by atoms with Crippen LogP contribution in [0.25, 0.3) is 77.9 Å². The lowest BCUT2D eigenvalue weighted by Crippen LogP contribution is -2.29. The molecule has 79 heavy (non-hydrogen) atoms. The Balaban J connectivity index is 1.02. The van der Waals surface area contributed by atoms with Gasteiger partial charge in [0.1, 0.15) is 0 Å². The number of nitrogens with zero attached hydrogens (tertiary/aromatic N) is 1. The van der Waals surface area contributed by atoms with Gasteiger partial charge >= 0.3 is 0 Å². The number of fused-ring (bicyclic) bond motifs is 6. The average molecular weight is 1010 g/mol. The van der Waals surface area contributed by atoms with Crippen molar-refractivity contribution in [2.75, 3.05) is 4.90 Å². The Morgan fingerprint density at radius 3 is 1.33 bits per heavy atom. The zero-order valence-electron chi connectivity index (χ0n) is 45.1. The molecule has 0 N–H and O–H groups in total. The highest BCUT2D eigenvalue weighted by atomic mass is 15.1. The van der Waals surface area contributed by atoms with Gasteiger partial charge in [0.2, 0.25) is 0 Å². The van der Waals surface area contributed by atoms with E-state index in [9.17, 15) is 0 Å². The molecule has 12 aromatic carbocycles. The molecule has 2 aliphatic rings. The Labute approximate surface area is 465 Å². The Bertz CT molecular complexity index is 4250. The second kappa shape index (κ2) is 19.2. The first-order valence-electron chi connectivity index (χ1n) is 27.7. The number of aryl methyl sites for hydroxylation is 2. The van der Waals surface area contributed by atoms with E-state index >= 15 is 0 Å². The fraction of sp³-hybridized carbons (Fsp3) is 0.0769. The highest BCUT2D eigenvalue weighted by Crippen LogP contribution is 2.59. The lowest BCUT2D eigenvalue weighted by Gasteiger charge is -2.36. The van der Waals surface area contributed by atoms with Crippen LogP contribution in [-0.4, -0.2) is 0 Å². The molecule has 0 spiro atoms. The van der Waals surface area contributed by atoms with Gasteiger partial charge in [-0.1, -0.05) is 244 Å². The van der Waals surface area contributed by atoms with E-state index in [2.05, 4.69) is 318 Å². The molecule has 0 saturated heterocycles. The number of rotatable bonds is 10. The quantitative estimate of drug-likeness (QED) is 0.132. The molecule has 0 bridgehead atoms. The van der Waals surface area contributed by atoms with E-state index in [1.54, 1.807) is 0 Å². The van der Waals surface area contributed by atoms with Crippen molar-refractivity contribution in [1.82, 2.24) is 0 Å². The van der Waals surface area contributed by atoms with Gasteiger partial charge in [-0.15, -0.1) is 0 Å². The summed E-state index contributed by atoms with van der Waals surface area (Å²) in [7, 11) is 0.